The number of benzene rings is 2. The van der Waals surface area contributed by atoms with Gasteiger partial charge in [-0.05, 0) is 31.0 Å². The van der Waals surface area contributed by atoms with E-state index in [0.29, 0.717) is 10.7 Å². The van der Waals surface area contributed by atoms with Gasteiger partial charge in [-0.25, -0.2) is 12.7 Å². The van der Waals surface area contributed by atoms with Crippen molar-refractivity contribution in [1.82, 2.24) is 14.5 Å². The van der Waals surface area contributed by atoms with E-state index in [9.17, 15) is 22.8 Å². The summed E-state index contributed by atoms with van der Waals surface area (Å²) in [5.74, 6) is -1.74. The van der Waals surface area contributed by atoms with E-state index < -0.39 is 34.4 Å². The zero-order valence-electron chi connectivity index (χ0n) is 16.7. The molecule has 0 saturated heterocycles. The van der Waals surface area contributed by atoms with Gasteiger partial charge in [0.15, 0.2) is 0 Å². The van der Waals surface area contributed by atoms with Crippen molar-refractivity contribution >= 4 is 27.7 Å². The lowest BCUT2D eigenvalue weighted by Crippen LogP contribution is -2.51. The number of fused-ring (bicyclic) bond motifs is 1. The first kappa shape index (κ1) is 21.5. The van der Waals surface area contributed by atoms with E-state index in [0.717, 1.165) is 5.56 Å². The van der Waals surface area contributed by atoms with Crippen LogP contribution in [-0.4, -0.2) is 61.5 Å². The molecule has 8 nitrogen and oxygen atoms in total. The number of rotatable bonds is 7. The summed E-state index contributed by atoms with van der Waals surface area (Å²) < 4.78 is 26.1. The fourth-order valence-electron chi connectivity index (χ4n) is 3.38. The maximum absolute atomic E-state index is 13.1. The predicted molar refractivity (Wildman–Crippen MR) is 110 cm³/mol. The second kappa shape index (κ2) is 8.66. The lowest BCUT2D eigenvalue weighted by Gasteiger charge is -2.29. The van der Waals surface area contributed by atoms with Gasteiger partial charge in [0.2, 0.25) is 11.8 Å². The normalized spacial score (nSPS) is 15.4. The molecule has 30 heavy (non-hydrogen) atoms. The molecule has 1 aliphatic heterocycles. The Morgan fingerprint density at radius 2 is 1.70 bits per heavy atom. The maximum Gasteiger partial charge on any atom is 0.269 e. The third kappa shape index (κ3) is 4.06. The van der Waals surface area contributed by atoms with Gasteiger partial charge in [0.25, 0.3) is 15.9 Å². The molecule has 0 radical (unpaired) electrons. The van der Waals surface area contributed by atoms with Crippen LogP contribution >= 0.6 is 0 Å². The van der Waals surface area contributed by atoms with Crippen molar-refractivity contribution in [2.75, 3.05) is 20.1 Å². The van der Waals surface area contributed by atoms with E-state index in [1.165, 1.54) is 30.1 Å². The van der Waals surface area contributed by atoms with Gasteiger partial charge >= 0.3 is 0 Å². The number of likely N-dealkylation sites (N-methyl/N-ethyl adjacent to an activating group) is 1. The molecule has 0 aromatic heterocycles. The summed E-state index contributed by atoms with van der Waals surface area (Å²) in [7, 11) is -2.64. The number of carbonyl (C=O) groups is 3. The SMILES string of the molecule is CNC(=O)C(C)N(CCc1ccccc1)C(=O)CN1C(=O)c2ccccc2S1(=O)=O. The summed E-state index contributed by atoms with van der Waals surface area (Å²) in [5, 5.41) is 2.50. The molecule has 2 aromatic carbocycles. The van der Waals surface area contributed by atoms with Crippen molar-refractivity contribution < 1.29 is 22.8 Å². The second-order valence-corrected chi connectivity index (χ2v) is 8.76. The molecule has 1 aliphatic rings. The Bertz CT molecular complexity index is 1070. The third-order valence-corrected chi connectivity index (χ3v) is 6.88. The third-order valence-electron chi connectivity index (χ3n) is 5.09. The van der Waals surface area contributed by atoms with Crippen LogP contribution in [0.25, 0.3) is 0 Å². The number of nitrogens with zero attached hydrogens (tertiary/aromatic N) is 2. The predicted octanol–water partition coefficient (Wildman–Crippen LogP) is 1.04. The highest BCUT2D eigenvalue weighted by atomic mass is 32.2. The number of carbonyl (C=O) groups excluding carboxylic acids is 3. The minimum absolute atomic E-state index is 0.0421. The summed E-state index contributed by atoms with van der Waals surface area (Å²) in [6, 6.07) is 14.4. The average molecular weight is 429 g/mol. The van der Waals surface area contributed by atoms with Crippen LogP contribution in [0.3, 0.4) is 0 Å². The fourth-order valence-corrected chi connectivity index (χ4v) is 4.90. The van der Waals surface area contributed by atoms with Gasteiger partial charge in [-0.1, -0.05) is 42.5 Å². The molecule has 1 N–H and O–H groups in total. The number of amides is 3. The van der Waals surface area contributed by atoms with Gasteiger partial charge in [0.05, 0.1) is 5.56 Å². The quantitative estimate of drug-likeness (QED) is 0.708. The molecular weight excluding hydrogens is 406 g/mol. The van der Waals surface area contributed by atoms with Crippen LogP contribution in [0.4, 0.5) is 0 Å². The minimum atomic E-state index is -4.11. The van der Waals surface area contributed by atoms with Crippen molar-refractivity contribution in [3.63, 3.8) is 0 Å². The minimum Gasteiger partial charge on any atom is -0.357 e. The summed E-state index contributed by atoms with van der Waals surface area (Å²) >= 11 is 0. The molecule has 158 valence electrons. The van der Waals surface area contributed by atoms with Crippen molar-refractivity contribution in [3.05, 3.63) is 65.7 Å². The van der Waals surface area contributed by atoms with Crippen LogP contribution < -0.4 is 5.32 Å². The molecule has 1 atom stereocenters. The molecular formula is C21H23N3O5S. The van der Waals surface area contributed by atoms with Crippen LogP contribution in [0, 0.1) is 0 Å². The van der Waals surface area contributed by atoms with Crippen LogP contribution in [0.2, 0.25) is 0 Å². The van der Waals surface area contributed by atoms with Crippen LogP contribution in [0.5, 0.6) is 0 Å². The van der Waals surface area contributed by atoms with Gasteiger partial charge < -0.3 is 10.2 Å². The first-order chi connectivity index (χ1) is 14.3. The highest BCUT2D eigenvalue weighted by molar-refractivity contribution is 7.90. The van der Waals surface area contributed by atoms with Gasteiger partial charge in [-0.3, -0.25) is 14.4 Å². The molecule has 0 spiro atoms. The molecule has 9 heteroatoms. The van der Waals surface area contributed by atoms with Crippen LogP contribution in [0.1, 0.15) is 22.8 Å². The van der Waals surface area contributed by atoms with Crippen molar-refractivity contribution in [3.8, 4) is 0 Å². The van der Waals surface area contributed by atoms with Crippen molar-refractivity contribution in [2.24, 2.45) is 0 Å². The van der Waals surface area contributed by atoms with Gasteiger partial charge in [0.1, 0.15) is 17.5 Å². The molecule has 3 rings (SSSR count). The standard InChI is InChI=1S/C21H23N3O5S/c1-15(20(26)22-2)23(13-12-16-8-4-3-5-9-16)19(25)14-24-21(27)17-10-6-7-11-18(17)30(24,28)29/h3-11,15H,12-14H2,1-2H3,(H,22,26). The Morgan fingerprint density at radius 3 is 2.33 bits per heavy atom. The van der Waals surface area contributed by atoms with E-state index in [4.69, 9.17) is 0 Å². The van der Waals surface area contributed by atoms with Crippen molar-refractivity contribution in [1.29, 1.82) is 0 Å². The fraction of sp³-hybridized carbons (Fsp3) is 0.286. The Labute approximate surface area is 175 Å². The molecule has 1 unspecified atom stereocenters. The van der Waals surface area contributed by atoms with Gasteiger partial charge in [-0.2, -0.15) is 0 Å². The molecule has 3 amide bonds. The van der Waals surface area contributed by atoms with Gasteiger partial charge in [0, 0.05) is 13.6 Å². The lowest BCUT2D eigenvalue weighted by atomic mass is 10.1. The van der Waals surface area contributed by atoms with Crippen molar-refractivity contribution in [2.45, 2.75) is 24.3 Å². The first-order valence-electron chi connectivity index (χ1n) is 9.48. The molecule has 2 aromatic rings. The molecule has 1 heterocycles. The van der Waals surface area contributed by atoms with E-state index >= 15 is 0 Å². The second-order valence-electron chi connectivity index (χ2n) is 6.93. The molecule has 0 bridgehead atoms. The number of sulfonamides is 1. The summed E-state index contributed by atoms with van der Waals surface area (Å²) in [4.78, 5) is 39.0. The molecule has 0 saturated carbocycles. The largest absolute Gasteiger partial charge is 0.357 e. The summed E-state index contributed by atoms with van der Waals surface area (Å²) in [6.07, 6.45) is 0.481. The number of nitrogens with one attached hydrogen (secondary N) is 1. The Hall–Kier alpha value is -3.20. The lowest BCUT2D eigenvalue weighted by molar-refractivity contribution is -0.139. The average Bonchev–Trinajstić information content (AvgIpc) is 2.94. The number of hydrogen-bond acceptors (Lipinski definition) is 5. The van der Waals surface area contributed by atoms with E-state index in [1.807, 2.05) is 30.3 Å². The Kier molecular flexibility index (Phi) is 6.21. The first-order valence-corrected chi connectivity index (χ1v) is 10.9. The zero-order valence-corrected chi connectivity index (χ0v) is 17.6. The topological polar surface area (TPSA) is 104 Å². The van der Waals surface area contributed by atoms with Crippen LogP contribution in [0.15, 0.2) is 59.5 Å². The summed E-state index contributed by atoms with van der Waals surface area (Å²) in [6.45, 7) is 1.11. The van der Waals surface area contributed by atoms with E-state index in [2.05, 4.69) is 5.32 Å². The smallest absolute Gasteiger partial charge is 0.269 e. The highest BCUT2D eigenvalue weighted by Crippen LogP contribution is 2.29. The monoisotopic (exact) mass is 429 g/mol. The molecule has 0 aliphatic carbocycles. The summed E-state index contributed by atoms with van der Waals surface area (Å²) in [5.41, 5.74) is 1.01. The zero-order chi connectivity index (χ0) is 21.9. The van der Waals surface area contributed by atoms with E-state index in [1.54, 1.807) is 13.0 Å². The highest BCUT2D eigenvalue weighted by Gasteiger charge is 2.42. The van der Waals surface area contributed by atoms with Crippen LogP contribution in [-0.2, 0) is 26.0 Å². The van der Waals surface area contributed by atoms with Gasteiger partial charge in [-0.15, -0.1) is 0 Å². The van der Waals surface area contributed by atoms with E-state index in [-0.39, 0.29) is 22.9 Å². The number of hydrogen-bond donors (Lipinski definition) is 1. The Balaban J connectivity index is 1.82. The molecule has 0 fully saturated rings. The Morgan fingerprint density at radius 1 is 1.07 bits per heavy atom. The maximum atomic E-state index is 13.1.